The highest BCUT2D eigenvalue weighted by Gasteiger charge is 2.31. The number of carbonyl (C=O) groups excluding carboxylic acids is 2. The van der Waals surface area contributed by atoms with Crippen LogP contribution in [0.3, 0.4) is 0 Å². The maximum atomic E-state index is 12.4. The van der Waals surface area contributed by atoms with Gasteiger partial charge >= 0.3 is 6.03 Å². The molecule has 0 spiro atoms. The number of hydrogen-bond acceptors (Lipinski definition) is 5. The lowest BCUT2D eigenvalue weighted by molar-refractivity contribution is 0.0780. The van der Waals surface area contributed by atoms with Crippen molar-refractivity contribution in [3.8, 4) is 0 Å². The third kappa shape index (κ3) is 4.14. The Hall–Kier alpha value is -2.16. The molecule has 0 saturated carbocycles. The van der Waals surface area contributed by atoms with Crippen molar-refractivity contribution in [1.29, 1.82) is 0 Å². The molecule has 2 aliphatic rings. The second kappa shape index (κ2) is 8.03. The Morgan fingerprint density at radius 3 is 2.69 bits per heavy atom. The number of likely N-dealkylation sites (tertiary alicyclic amines) is 1. The molecule has 3 N–H and O–H groups in total. The van der Waals surface area contributed by atoms with Crippen molar-refractivity contribution in [2.24, 2.45) is 17.6 Å². The zero-order chi connectivity index (χ0) is 18.7. The SMILES string of the molecule is CC(C)[C@@H]1CCO[C@@H]1CNC(=O)N1CCC(n2cc(C(N)=O)nn2)CC1. The number of rotatable bonds is 5. The zero-order valence-corrected chi connectivity index (χ0v) is 15.4. The quantitative estimate of drug-likeness (QED) is 0.801. The number of aromatic nitrogens is 3. The monoisotopic (exact) mass is 364 g/mol. The zero-order valence-electron chi connectivity index (χ0n) is 15.4. The van der Waals surface area contributed by atoms with Crippen LogP contribution >= 0.6 is 0 Å². The Morgan fingerprint density at radius 2 is 2.08 bits per heavy atom. The van der Waals surface area contributed by atoms with Crippen molar-refractivity contribution in [2.45, 2.75) is 45.3 Å². The van der Waals surface area contributed by atoms with Gasteiger partial charge in [0.25, 0.3) is 5.91 Å². The lowest BCUT2D eigenvalue weighted by atomic mass is 9.89. The standard InChI is InChI=1S/C17H28N6O3/c1-11(2)13-5-8-26-15(13)9-19-17(25)22-6-3-12(4-7-22)23-10-14(16(18)24)20-21-23/h10-13,15H,3-9H2,1-2H3,(H2,18,24)(H,19,25)/t13-,15+/m0/s1. The summed E-state index contributed by atoms with van der Waals surface area (Å²) in [7, 11) is 0. The lowest BCUT2D eigenvalue weighted by Crippen LogP contribution is -2.47. The third-order valence-electron chi connectivity index (χ3n) is 5.46. The number of primary amides is 1. The van der Waals surface area contributed by atoms with Crippen LogP contribution in [0.2, 0.25) is 0 Å². The van der Waals surface area contributed by atoms with Gasteiger partial charge in [0, 0.05) is 26.2 Å². The Kier molecular flexibility index (Phi) is 5.75. The first-order valence-corrected chi connectivity index (χ1v) is 9.31. The maximum Gasteiger partial charge on any atom is 0.317 e. The minimum absolute atomic E-state index is 0.0436. The van der Waals surface area contributed by atoms with E-state index in [4.69, 9.17) is 10.5 Å². The van der Waals surface area contributed by atoms with E-state index in [1.54, 1.807) is 10.9 Å². The summed E-state index contributed by atoms with van der Waals surface area (Å²) in [5.41, 5.74) is 5.37. The summed E-state index contributed by atoms with van der Waals surface area (Å²) in [6.45, 7) is 7.02. The second-order valence-corrected chi connectivity index (χ2v) is 7.46. The van der Waals surface area contributed by atoms with E-state index in [-0.39, 0.29) is 23.9 Å². The van der Waals surface area contributed by atoms with E-state index >= 15 is 0 Å². The number of nitrogens with two attached hydrogens (primary N) is 1. The first-order chi connectivity index (χ1) is 12.5. The normalized spacial score (nSPS) is 24.2. The van der Waals surface area contributed by atoms with Gasteiger partial charge in [-0.1, -0.05) is 19.1 Å². The molecule has 2 saturated heterocycles. The number of urea groups is 1. The molecule has 1 aromatic heterocycles. The topological polar surface area (TPSA) is 115 Å². The smallest absolute Gasteiger partial charge is 0.317 e. The molecular formula is C17H28N6O3. The van der Waals surface area contributed by atoms with Crippen LogP contribution in [-0.4, -0.2) is 64.2 Å². The van der Waals surface area contributed by atoms with Crippen molar-refractivity contribution >= 4 is 11.9 Å². The second-order valence-electron chi connectivity index (χ2n) is 7.46. The Bertz CT molecular complexity index is 638. The van der Waals surface area contributed by atoms with Crippen LogP contribution < -0.4 is 11.1 Å². The molecular weight excluding hydrogens is 336 g/mol. The summed E-state index contributed by atoms with van der Waals surface area (Å²) in [6, 6.07) is 0.0843. The maximum absolute atomic E-state index is 12.4. The number of piperidine rings is 1. The van der Waals surface area contributed by atoms with Gasteiger partial charge in [-0.15, -0.1) is 5.10 Å². The number of ether oxygens (including phenoxy) is 1. The average Bonchev–Trinajstić information content (AvgIpc) is 3.29. The first kappa shape index (κ1) is 18.6. The number of hydrogen-bond donors (Lipinski definition) is 2. The third-order valence-corrected chi connectivity index (χ3v) is 5.46. The lowest BCUT2D eigenvalue weighted by Gasteiger charge is -2.32. The predicted octanol–water partition coefficient (Wildman–Crippen LogP) is 0.785. The van der Waals surface area contributed by atoms with Crippen molar-refractivity contribution in [3.63, 3.8) is 0 Å². The average molecular weight is 364 g/mol. The first-order valence-electron chi connectivity index (χ1n) is 9.31. The minimum Gasteiger partial charge on any atom is -0.376 e. The summed E-state index contributed by atoms with van der Waals surface area (Å²) >= 11 is 0. The van der Waals surface area contributed by atoms with Crippen molar-refractivity contribution in [1.82, 2.24) is 25.2 Å². The molecule has 3 heterocycles. The van der Waals surface area contributed by atoms with E-state index in [9.17, 15) is 9.59 Å². The van der Waals surface area contributed by atoms with Crippen molar-refractivity contribution in [3.05, 3.63) is 11.9 Å². The number of amides is 3. The summed E-state index contributed by atoms with van der Waals surface area (Å²) < 4.78 is 7.45. The van der Waals surface area contributed by atoms with Crippen LogP contribution in [0, 0.1) is 11.8 Å². The summed E-state index contributed by atoms with van der Waals surface area (Å²) in [5.74, 6) is 0.484. The molecule has 26 heavy (non-hydrogen) atoms. The van der Waals surface area contributed by atoms with Crippen LogP contribution in [0.4, 0.5) is 4.79 Å². The van der Waals surface area contributed by atoms with Gasteiger partial charge in [0.1, 0.15) is 0 Å². The fraction of sp³-hybridized carbons (Fsp3) is 0.765. The van der Waals surface area contributed by atoms with Crippen LogP contribution in [0.15, 0.2) is 6.20 Å². The summed E-state index contributed by atoms with van der Waals surface area (Å²) in [5, 5.41) is 10.8. The molecule has 2 fully saturated rings. The molecule has 1 aromatic rings. The fourth-order valence-electron chi connectivity index (χ4n) is 3.84. The van der Waals surface area contributed by atoms with Crippen molar-refractivity contribution in [2.75, 3.05) is 26.2 Å². The molecule has 0 radical (unpaired) electrons. The van der Waals surface area contributed by atoms with Gasteiger partial charge in [-0.05, 0) is 31.1 Å². The van der Waals surface area contributed by atoms with E-state index in [1.807, 2.05) is 4.90 Å². The van der Waals surface area contributed by atoms with Gasteiger partial charge in [0.2, 0.25) is 0 Å². The molecule has 0 aromatic carbocycles. The Morgan fingerprint density at radius 1 is 1.35 bits per heavy atom. The molecule has 144 valence electrons. The van der Waals surface area contributed by atoms with Gasteiger partial charge < -0.3 is 20.7 Å². The molecule has 2 atom stereocenters. The van der Waals surface area contributed by atoms with E-state index in [1.165, 1.54) is 0 Å². The molecule has 3 amide bonds. The number of nitrogens with one attached hydrogen (secondary N) is 1. The molecule has 0 aliphatic carbocycles. The predicted molar refractivity (Wildman–Crippen MR) is 94.5 cm³/mol. The van der Waals surface area contributed by atoms with Gasteiger partial charge in [-0.3, -0.25) is 4.79 Å². The molecule has 0 bridgehead atoms. The summed E-state index contributed by atoms with van der Waals surface area (Å²) in [4.78, 5) is 25.4. The van der Waals surface area contributed by atoms with Gasteiger partial charge in [-0.2, -0.15) is 0 Å². The van der Waals surface area contributed by atoms with Crippen LogP contribution in [-0.2, 0) is 4.74 Å². The van der Waals surface area contributed by atoms with E-state index in [0.29, 0.717) is 31.5 Å². The van der Waals surface area contributed by atoms with E-state index in [0.717, 1.165) is 25.9 Å². The highest BCUT2D eigenvalue weighted by Crippen LogP contribution is 2.27. The molecule has 3 rings (SSSR count). The molecule has 9 heteroatoms. The largest absolute Gasteiger partial charge is 0.376 e. The molecule has 2 aliphatic heterocycles. The summed E-state index contributed by atoms with van der Waals surface area (Å²) in [6.07, 6.45) is 4.28. The highest BCUT2D eigenvalue weighted by molar-refractivity contribution is 5.90. The van der Waals surface area contributed by atoms with Gasteiger partial charge in [-0.25, -0.2) is 9.48 Å². The van der Waals surface area contributed by atoms with Gasteiger partial charge in [0.05, 0.1) is 18.3 Å². The highest BCUT2D eigenvalue weighted by atomic mass is 16.5. The van der Waals surface area contributed by atoms with Gasteiger partial charge in [0.15, 0.2) is 5.69 Å². The Labute approximate surface area is 153 Å². The van der Waals surface area contributed by atoms with E-state index < -0.39 is 5.91 Å². The molecule has 0 unspecified atom stereocenters. The minimum atomic E-state index is -0.582. The number of nitrogens with zero attached hydrogens (tertiary/aromatic N) is 4. The van der Waals surface area contributed by atoms with Crippen LogP contribution in [0.1, 0.15) is 49.6 Å². The number of carbonyl (C=O) groups is 2. The Balaban J connectivity index is 1.45. The van der Waals surface area contributed by atoms with Crippen LogP contribution in [0.25, 0.3) is 0 Å². The fourth-order valence-corrected chi connectivity index (χ4v) is 3.84. The molecule has 9 nitrogen and oxygen atoms in total. The van der Waals surface area contributed by atoms with E-state index in [2.05, 4.69) is 29.5 Å². The van der Waals surface area contributed by atoms with Crippen LogP contribution in [0.5, 0.6) is 0 Å². The van der Waals surface area contributed by atoms with Crippen molar-refractivity contribution < 1.29 is 14.3 Å².